The van der Waals surface area contributed by atoms with Crippen LogP contribution in [-0.2, 0) is 12.5 Å². The van der Waals surface area contributed by atoms with Gasteiger partial charge in [-0.2, -0.15) is 5.10 Å². The highest BCUT2D eigenvalue weighted by molar-refractivity contribution is 9.10. The van der Waals surface area contributed by atoms with Crippen molar-refractivity contribution in [1.82, 2.24) is 15.1 Å². The minimum Gasteiger partial charge on any atom is -0.317 e. The molecule has 0 atom stereocenters. The Kier molecular flexibility index (Phi) is 3.64. The monoisotopic (exact) mass is 299 g/mol. The lowest BCUT2D eigenvalue weighted by Gasteiger charge is -2.22. The summed E-state index contributed by atoms with van der Waals surface area (Å²) in [5.74, 6) is 0.605. The van der Waals surface area contributed by atoms with Gasteiger partial charge in [0.15, 0.2) is 0 Å². The van der Waals surface area contributed by atoms with Crippen molar-refractivity contribution in [2.75, 3.05) is 13.1 Å². The van der Waals surface area contributed by atoms with E-state index in [0.29, 0.717) is 5.92 Å². The van der Waals surface area contributed by atoms with Crippen LogP contribution in [0.25, 0.3) is 0 Å². The van der Waals surface area contributed by atoms with Crippen LogP contribution in [0.1, 0.15) is 50.9 Å². The number of rotatable bonds is 1. The van der Waals surface area contributed by atoms with Crippen LogP contribution in [0.5, 0.6) is 0 Å². The number of piperidine rings is 1. The molecule has 0 amide bonds. The van der Waals surface area contributed by atoms with Gasteiger partial charge in [-0.3, -0.25) is 4.68 Å². The summed E-state index contributed by atoms with van der Waals surface area (Å²) >= 11 is 3.77. The third-order valence-corrected chi connectivity index (χ3v) is 4.23. The van der Waals surface area contributed by atoms with Gasteiger partial charge < -0.3 is 5.32 Å². The Morgan fingerprint density at radius 2 is 1.88 bits per heavy atom. The normalized spacial score (nSPS) is 18.6. The first-order valence-corrected chi connectivity index (χ1v) is 7.14. The van der Waals surface area contributed by atoms with Crippen molar-refractivity contribution in [2.45, 2.75) is 44.9 Å². The molecule has 0 aromatic carbocycles. The zero-order chi connectivity index (χ0) is 12.6. The maximum Gasteiger partial charge on any atom is 0.0801 e. The second kappa shape index (κ2) is 4.73. The highest BCUT2D eigenvalue weighted by Gasteiger charge is 2.28. The smallest absolute Gasteiger partial charge is 0.0801 e. The lowest BCUT2D eigenvalue weighted by atomic mass is 9.89. The molecule has 1 fully saturated rings. The van der Waals surface area contributed by atoms with Crippen molar-refractivity contribution in [3.63, 3.8) is 0 Å². The van der Waals surface area contributed by atoms with Crippen LogP contribution in [0.4, 0.5) is 0 Å². The van der Waals surface area contributed by atoms with Gasteiger partial charge in [-0.25, -0.2) is 0 Å². The van der Waals surface area contributed by atoms with E-state index in [0.717, 1.165) is 13.1 Å². The van der Waals surface area contributed by atoms with Gasteiger partial charge in [0, 0.05) is 18.4 Å². The first-order valence-electron chi connectivity index (χ1n) is 6.35. The number of hydrogen-bond donors (Lipinski definition) is 1. The van der Waals surface area contributed by atoms with Gasteiger partial charge in [0.2, 0.25) is 0 Å². The van der Waals surface area contributed by atoms with Crippen LogP contribution in [0.2, 0.25) is 0 Å². The number of halogens is 1. The van der Waals surface area contributed by atoms with Gasteiger partial charge in [0.25, 0.3) is 0 Å². The third-order valence-electron chi connectivity index (χ3n) is 3.45. The molecule has 0 bridgehead atoms. The van der Waals surface area contributed by atoms with Crippen molar-refractivity contribution in [3.8, 4) is 0 Å². The first-order chi connectivity index (χ1) is 7.91. The molecule has 3 nitrogen and oxygen atoms in total. The van der Waals surface area contributed by atoms with Crippen molar-refractivity contribution < 1.29 is 0 Å². The minimum atomic E-state index is 0.131. The van der Waals surface area contributed by atoms with E-state index in [2.05, 4.69) is 49.1 Å². The number of aromatic nitrogens is 2. The zero-order valence-corrected chi connectivity index (χ0v) is 12.8. The molecule has 0 unspecified atom stereocenters. The van der Waals surface area contributed by atoms with Crippen molar-refractivity contribution >= 4 is 15.9 Å². The minimum absolute atomic E-state index is 0.131. The molecule has 1 saturated heterocycles. The zero-order valence-electron chi connectivity index (χ0n) is 11.2. The van der Waals surface area contributed by atoms with Crippen LogP contribution >= 0.6 is 15.9 Å². The summed E-state index contributed by atoms with van der Waals surface area (Å²) in [5.41, 5.74) is 2.68. The summed E-state index contributed by atoms with van der Waals surface area (Å²) in [6, 6.07) is 0. The number of aryl methyl sites for hydroxylation is 1. The highest BCUT2D eigenvalue weighted by atomic mass is 79.9. The van der Waals surface area contributed by atoms with Gasteiger partial charge >= 0.3 is 0 Å². The average Bonchev–Trinajstić information content (AvgIpc) is 2.54. The van der Waals surface area contributed by atoms with E-state index in [4.69, 9.17) is 5.10 Å². The average molecular weight is 300 g/mol. The van der Waals surface area contributed by atoms with E-state index in [9.17, 15) is 0 Å². The predicted molar refractivity (Wildman–Crippen MR) is 74.5 cm³/mol. The van der Waals surface area contributed by atoms with E-state index < -0.39 is 0 Å². The molecule has 4 heteroatoms. The van der Waals surface area contributed by atoms with E-state index >= 15 is 0 Å². The van der Waals surface area contributed by atoms with Gasteiger partial charge in [-0.05, 0) is 41.9 Å². The Hall–Kier alpha value is -0.350. The molecule has 0 aliphatic carbocycles. The van der Waals surface area contributed by atoms with Crippen LogP contribution in [0.3, 0.4) is 0 Å². The largest absolute Gasteiger partial charge is 0.317 e. The maximum atomic E-state index is 4.74. The van der Waals surface area contributed by atoms with Crippen LogP contribution in [0, 0.1) is 0 Å². The molecule has 1 N–H and O–H groups in total. The summed E-state index contributed by atoms with van der Waals surface area (Å²) in [7, 11) is 2.05. The SMILES string of the molecule is Cn1nc(C2CCNCC2)c(Br)c1C(C)(C)C. The second-order valence-electron chi connectivity index (χ2n) is 5.95. The Balaban J connectivity index is 2.36. The molecule has 2 rings (SSSR count). The fraction of sp³-hybridized carbons (Fsp3) is 0.769. The maximum absolute atomic E-state index is 4.74. The Labute approximate surface area is 112 Å². The molecule has 1 aliphatic rings. The Morgan fingerprint density at radius 3 is 2.35 bits per heavy atom. The van der Waals surface area contributed by atoms with Crippen molar-refractivity contribution in [3.05, 3.63) is 15.9 Å². The molecule has 17 heavy (non-hydrogen) atoms. The number of nitrogens with one attached hydrogen (secondary N) is 1. The molecule has 1 aromatic rings. The molecule has 1 aliphatic heterocycles. The van der Waals surface area contributed by atoms with Crippen LogP contribution in [-0.4, -0.2) is 22.9 Å². The van der Waals surface area contributed by atoms with Crippen LogP contribution < -0.4 is 5.32 Å². The molecule has 96 valence electrons. The van der Waals surface area contributed by atoms with Crippen molar-refractivity contribution in [2.24, 2.45) is 7.05 Å². The predicted octanol–water partition coefficient (Wildman–Crippen LogP) is 2.95. The van der Waals surface area contributed by atoms with E-state index in [1.54, 1.807) is 0 Å². The second-order valence-corrected chi connectivity index (χ2v) is 6.74. The van der Waals surface area contributed by atoms with E-state index in [1.807, 2.05) is 4.68 Å². The number of nitrogens with zero attached hydrogens (tertiary/aromatic N) is 2. The molecule has 0 saturated carbocycles. The topological polar surface area (TPSA) is 29.9 Å². The summed E-state index contributed by atoms with van der Waals surface area (Å²) in [6.07, 6.45) is 2.39. The number of hydrogen-bond acceptors (Lipinski definition) is 2. The fourth-order valence-corrected chi connectivity index (χ4v) is 3.94. The van der Waals surface area contributed by atoms with Gasteiger partial charge in [-0.1, -0.05) is 20.8 Å². The Morgan fingerprint density at radius 1 is 1.29 bits per heavy atom. The molecule has 0 radical (unpaired) electrons. The van der Waals surface area contributed by atoms with Crippen LogP contribution in [0.15, 0.2) is 4.47 Å². The Bertz CT molecular complexity index is 398. The lowest BCUT2D eigenvalue weighted by molar-refractivity contribution is 0.448. The van der Waals surface area contributed by atoms with Crippen molar-refractivity contribution in [1.29, 1.82) is 0 Å². The standard InChI is InChI=1S/C13H22BrN3/c1-13(2,3)12-10(14)11(16-17(12)4)9-5-7-15-8-6-9/h9,15H,5-8H2,1-4H3. The quantitative estimate of drug-likeness (QED) is 0.864. The summed E-state index contributed by atoms with van der Waals surface area (Å²) < 4.78 is 3.26. The molecule has 0 spiro atoms. The summed E-state index contributed by atoms with van der Waals surface area (Å²) in [6.45, 7) is 8.93. The third kappa shape index (κ3) is 2.58. The lowest BCUT2D eigenvalue weighted by Crippen LogP contribution is -2.27. The molecule has 2 heterocycles. The molecule has 1 aromatic heterocycles. The highest BCUT2D eigenvalue weighted by Crippen LogP contribution is 2.37. The summed E-state index contributed by atoms with van der Waals surface area (Å²) in [4.78, 5) is 0. The van der Waals surface area contributed by atoms with E-state index in [1.165, 1.54) is 28.7 Å². The summed E-state index contributed by atoms with van der Waals surface area (Å²) in [5, 5.41) is 8.15. The van der Waals surface area contributed by atoms with Gasteiger partial charge in [0.1, 0.15) is 0 Å². The van der Waals surface area contributed by atoms with E-state index in [-0.39, 0.29) is 5.41 Å². The van der Waals surface area contributed by atoms with Gasteiger partial charge in [0.05, 0.1) is 15.9 Å². The van der Waals surface area contributed by atoms with Gasteiger partial charge in [-0.15, -0.1) is 0 Å². The fourth-order valence-electron chi connectivity index (χ4n) is 2.69. The molecular weight excluding hydrogens is 278 g/mol. The first kappa shape index (κ1) is 13.1. The molecular formula is C13H22BrN3.